The van der Waals surface area contributed by atoms with Crippen molar-refractivity contribution in [1.29, 1.82) is 0 Å². The number of aromatic nitrogens is 1. The summed E-state index contributed by atoms with van der Waals surface area (Å²) in [5, 5.41) is 2.72. The lowest BCUT2D eigenvalue weighted by molar-refractivity contribution is -0.129. The van der Waals surface area contributed by atoms with Gasteiger partial charge in [-0.25, -0.2) is 0 Å². The third-order valence-electron chi connectivity index (χ3n) is 4.50. The summed E-state index contributed by atoms with van der Waals surface area (Å²) in [4.78, 5) is 51.3. The summed E-state index contributed by atoms with van der Waals surface area (Å²) in [6, 6.07) is 14.1. The lowest BCUT2D eigenvalue weighted by Crippen LogP contribution is -2.48. The molecule has 3 aromatic rings. The number of amides is 3. The highest BCUT2D eigenvalue weighted by Gasteiger charge is 2.14. The predicted octanol–water partition coefficient (Wildman–Crippen LogP) is 1.05. The van der Waals surface area contributed by atoms with Crippen LogP contribution in [-0.2, 0) is 16.0 Å². The highest BCUT2D eigenvalue weighted by molar-refractivity contribution is 5.98. The van der Waals surface area contributed by atoms with E-state index in [1.165, 1.54) is 6.20 Å². The van der Waals surface area contributed by atoms with E-state index in [9.17, 15) is 19.2 Å². The lowest BCUT2D eigenvalue weighted by Gasteiger charge is -2.11. The molecule has 0 aliphatic rings. The Labute approximate surface area is 177 Å². The number of hydrazine groups is 1. The first-order valence-electron chi connectivity index (χ1n) is 9.66. The SMILES string of the molecule is CCc1ccccc1OCC(=O)NNC(=O)CNC(=O)c1c[nH]c2ccccc2c1=O. The topological polar surface area (TPSA) is 129 Å². The van der Waals surface area contributed by atoms with Crippen molar-refractivity contribution in [3.8, 4) is 5.75 Å². The van der Waals surface area contributed by atoms with Crippen molar-refractivity contribution in [3.63, 3.8) is 0 Å². The molecule has 0 fully saturated rings. The number of pyridine rings is 1. The van der Waals surface area contributed by atoms with Crippen LogP contribution in [0.4, 0.5) is 0 Å². The van der Waals surface area contributed by atoms with E-state index in [1.54, 1.807) is 36.4 Å². The Bertz CT molecular complexity index is 1170. The minimum atomic E-state index is -0.701. The Hall–Kier alpha value is -4.14. The molecule has 3 amide bonds. The molecule has 1 aromatic heterocycles. The number of aryl methyl sites for hydroxylation is 1. The molecule has 0 bridgehead atoms. The summed E-state index contributed by atoms with van der Waals surface area (Å²) in [7, 11) is 0. The second kappa shape index (κ2) is 10.1. The Morgan fingerprint density at radius 3 is 2.48 bits per heavy atom. The number of hydrogen-bond acceptors (Lipinski definition) is 5. The van der Waals surface area contributed by atoms with Gasteiger partial charge in [-0.05, 0) is 30.2 Å². The monoisotopic (exact) mass is 422 g/mol. The van der Waals surface area contributed by atoms with Crippen LogP contribution >= 0.6 is 0 Å². The van der Waals surface area contributed by atoms with Gasteiger partial charge in [0.15, 0.2) is 6.61 Å². The van der Waals surface area contributed by atoms with E-state index in [4.69, 9.17) is 4.74 Å². The summed E-state index contributed by atoms with van der Waals surface area (Å²) < 4.78 is 5.46. The van der Waals surface area contributed by atoms with Crippen LogP contribution < -0.4 is 26.3 Å². The third kappa shape index (κ3) is 5.47. The Kier molecular flexibility index (Phi) is 7.00. The smallest absolute Gasteiger partial charge is 0.276 e. The summed E-state index contributed by atoms with van der Waals surface area (Å²) in [5.74, 6) is -1.32. The van der Waals surface area contributed by atoms with Gasteiger partial charge in [0, 0.05) is 17.1 Å². The summed E-state index contributed by atoms with van der Waals surface area (Å²) in [6.45, 7) is 1.27. The number of benzene rings is 2. The van der Waals surface area contributed by atoms with Gasteiger partial charge < -0.3 is 15.0 Å². The summed E-state index contributed by atoms with van der Waals surface area (Å²) >= 11 is 0. The third-order valence-corrected chi connectivity index (χ3v) is 4.50. The highest BCUT2D eigenvalue weighted by Crippen LogP contribution is 2.17. The molecule has 0 unspecified atom stereocenters. The predicted molar refractivity (Wildman–Crippen MR) is 115 cm³/mol. The first kappa shape index (κ1) is 21.6. The number of para-hydroxylation sites is 2. The zero-order valence-corrected chi connectivity index (χ0v) is 16.9. The molecule has 0 aliphatic carbocycles. The van der Waals surface area contributed by atoms with Crippen LogP contribution in [-0.4, -0.2) is 35.9 Å². The first-order chi connectivity index (χ1) is 15.0. The number of hydrogen-bond donors (Lipinski definition) is 4. The van der Waals surface area contributed by atoms with Gasteiger partial charge in [-0.1, -0.05) is 37.3 Å². The van der Waals surface area contributed by atoms with Crippen LogP contribution in [0.5, 0.6) is 5.75 Å². The Balaban J connectivity index is 1.46. The normalized spacial score (nSPS) is 10.4. The van der Waals surface area contributed by atoms with Crippen LogP contribution in [0.15, 0.2) is 59.5 Å². The van der Waals surface area contributed by atoms with Gasteiger partial charge in [-0.15, -0.1) is 0 Å². The Morgan fingerprint density at radius 2 is 1.68 bits per heavy atom. The molecule has 1 heterocycles. The van der Waals surface area contributed by atoms with Gasteiger partial charge in [0.05, 0.1) is 6.54 Å². The summed E-state index contributed by atoms with van der Waals surface area (Å²) in [6.07, 6.45) is 2.05. The van der Waals surface area contributed by atoms with Gasteiger partial charge in [0.2, 0.25) is 5.43 Å². The maximum atomic E-state index is 12.4. The van der Waals surface area contributed by atoms with Crippen LogP contribution in [0.1, 0.15) is 22.8 Å². The molecule has 3 rings (SSSR count). The lowest BCUT2D eigenvalue weighted by atomic mass is 10.1. The number of rotatable bonds is 7. The largest absolute Gasteiger partial charge is 0.483 e. The molecule has 160 valence electrons. The zero-order valence-electron chi connectivity index (χ0n) is 16.9. The number of carbonyl (C=O) groups is 3. The van der Waals surface area contributed by atoms with E-state index in [2.05, 4.69) is 21.2 Å². The van der Waals surface area contributed by atoms with Gasteiger partial charge >= 0.3 is 0 Å². The molecule has 31 heavy (non-hydrogen) atoms. The average Bonchev–Trinajstić information content (AvgIpc) is 2.80. The molecule has 2 aromatic carbocycles. The van der Waals surface area contributed by atoms with E-state index >= 15 is 0 Å². The maximum Gasteiger partial charge on any atom is 0.276 e. The maximum absolute atomic E-state index is 12.4. The molecule has 0 saturated heterocycles. The number of fused-ring (bicyclic) bond motifs is 1. The zero-order chi connectivity index (χ0) is 22.2. The second-order valence-corrected chi connectivity index (χ2v) is 6.61. The van der Waals surface area contributed by atoms with Crippen LogP contribution in [0.25, 0.3) is 10.9 Å². The quantitative estimate of drug-likeness (QED) is 0.423. The fraction of sp³-hybridized carbons (Fsp3) is 0.182. The van der Waals surface area contributed by atoms with E-state index < -0.39 is 29.7 Å². The molecule has 0 radical (unpaired) electrons. The van der Waals surface area contributed by atoms with E-state index in [0.717, 1.165) is 12.0 Å². The van der Waals surface area contributed by atoms with Gasteiger partial charge in [0.25, 0.3) is 17.7 Å². The Morgan fingerprint density at radius 1 is 0.968 bits per heavy atom. The van der Waals surface area contributed by atoms with Gasteiger partial charge in [-0.3, -0.25) is 30.0 Å². The van der Waals surface area contributed by atoms with Crippen molar-refractivity contribution in [2.75, 3.05) is 13.2 Å². The van der Waals surface area contributed by atoms with E-state index in [-0.39, 0.29) is 12.2 Å². The fourth-order valence-corrected chi connectivity index (χ4v) is 2.89. The minimum Gasteiger partial charge on any atom is -0.483 e. The van der Waals surface area contributed by atoms with E-state index in [0.29, 0.717) is 16.7 Å². The first-order valence-corrected chi connectivity index (χ1v) is 9.66. The molecular weight excluding hydrogens is 400 g/mol. The molecule has 0 atom stereocenters. The molecule has 4 N–H and O–H groups in total. The summed E-state index contributed by atoms with van der Waals surface area (Å²) in [5.41, 5.74) is 5.40. The number of ether oxygens (including phenoxy) is 1. The fourth-order valence-electron chi connectivity index (χ4n) is 2.89. The average molecular weight is 422 g/mol. The molecular formula is C22H22N4O5. The number of H-pyrrole nitrogens is 1. The van der Waals surface area contributed by atoms with Crippen molar-refractivity contribution in [3.05, 3.63) is 76.1 Å². The van der Waals surface area contributed by atoms with Crippen molar-refractivity contribution < 1.29 is 19.1 Å². The molecule has 9 heteroatoms. The number of aromatic amines is 1. The molecule has 0 saturated carbocycles. The van der Waals surface area contributed by atoms with Crippen molar-refractivity contribution in [2.45, 2.75) is 13.3 Å². The van der Waals surface area contributed by atoms with Crippen LogP contribution in [0.2, 0.25) is 0 Å². The highest BCUT2D eigenvalue weighted by atomic mass is 16.5. The number of nitrogens with one attached hydrogen (secondary N) is 4. The molecule has 9 nitrogen and oxygen atoms in total. The van der Waals surface area contributed by atoms with Gasteiger partial charge in [0.1, 0.15) is 11.3 Å². The number of carbonyl (C=O) groups excluding carboxylic acids is 3. The second-order valence-electron chi connectivity index (χ2n) is 6.61. The van der Waals surface area contributed by atoms with Crippen molar-refractivity contribution in [2.24, 2.45) is 0 Å². The van der Waals surface area contributed by atoms with Gasteiger partial charge in [-0.2, -0.15) is 0 Å². The van der Waals surface area contributed by atoms with Crippen molar-refractivity contribution >= 4 is 28.6 Å². The van der Waals surface area contributed by atoms with Crippen molar-refractivity contribution in [1.82, 2.24) is 21.2 Å². The minimum absolute atomic E-state index is 0.112. The van der Waals surface area contributed by atoms with Crippen LogP contribution in [0.3, 0.4) is 0 Å². The van der Waals surface area contributed by atoms with E-state index in [1.807, 2.05) is 19.1 Å². The molecule has 0 aliphatic heterocycles. The van der Waals surface area contributed by atoms with Crippen LogP contribution in [0, 0.1) is 0 Å². The molecule has 0 spiro atoms. The standard InChI is InChI=1S/C22H22N4O5/c1-2-14-7-3-6-10-18(14)31-13-20(28)26-25-19(27)12-24-22(30)16-11-23-17-9-5-4-8-15(17)21(16)29/h3-11H,2,12-13H2,1H3,(H,23,29)(H,24,30)(H,25,27)(H,26,28).